The van der Waals surface area contributed by atoms with E-state index in [1.807, 2.05) is 12.1 Å². The van der Waals surface area contributed by atoms with Gasteiger partial charge in [-0.15, -0.1) is 0 Å². The fourth-order valence-corrected chi connectivity index (χ4v) is 5.09. The number of furan rings is 1. The first kappa shape index (κ1) is 19.2. The van der Waals surface area contributed by atoms with Crippen molar-refractivity contribution in [2.24, 2.45) is 0 Å². The standard InChI is InChI=1S/C27H29NO2/c1-18(19-8-4-3-5-9-19)28-21-14-12-20(13-15-21)22-16-17-25(29-2)27-26(22)23-10-6-7-11-24(23)30-27/h3-11,16-18,20-21,28H,12-15H2,1-2H3/t18-,20?,21?/m1/s1. The molecule has 4 aromatic rings. The van der Waals surface area contributed by atoms with Crippen LogP contribution in [0, 0.1) is 0 Å². The Balaban J connectivity index is 1.37. The van der Waals surface area contributed by atoms with E-state index in [1.54, 1.807) is 7.11 Å². The van der Waals surface area contributed by atoms with Crippen LogP contribution in [-0.2, 0) is 0 Å². The van der Waals surface area contributed by atoms with Gasteiger partial charge < -0.3 is 14.5 Å². The van der Waals surface area contributed by atoms with E-state index in [4.69, 9.17) is 9.15 Å². The first-order valence-electron chi connectivity index (χ1n) is 11.0. The molecule has 0 spiro atoms. The third-order valence-corrected chi connectivity index (χ3v) is 6.69. The molecule has 3 heteroatoms. The van der Waals surface area contributed by atoms with Crippen molar-refractivity contribution in [3.8, 4) is 5.75 Å². The van der Waals surface area contributed by atoms with Gasteiger partial charge in [-0.25, -0.2) is 0 Å². The van der Waals surface area contributed by atoms with Gasteiger partial charge in [0, 0.05) is 22.9 Å². The minimum atomic E-state index is 0.387. The molecule has 1 heterocycles. The Morgan fingerprint density at radius 1 is 0.900 bits per heavy atom. The van der Waals surface area contributed by atoms with Gasteiger partial charge in [0.05, 0.1) is 7.11 Å². The van der Waals surface area contributed by atoms with E-state index in [1.165, 1.54) is 47.6 Å². The van der Waals surface area contributed by atoms with Gasteiger partial charge in [0.25, 0.3) is 0 Å². The minimum Gasteiger partial charge on any atom is -0.493 e. The maximum absolute atomic E-state index is 6.19. The van der Waals surface area contributed by atoms with Crippen molar-refractivity contribution in [3.05, 3.63) is 77.9 Å². The fourth-order valence-electron chi connectivity index (χ4n) is 5.09. The van der Waals surface area contributed by atoms with E-state index in [9.17, 15) is 0 Å². The second kappa shape index (κ2) is 8.16. The predicted octanol–water partition coefficient (Wildman–Crippen LogP) is 6.97. The number of rotatable bonds is 5. The molecule has 1 aliphatic carbocycles. The molecule has 30 heavy (non-hydrogen) atoms. The second-order valence-corrected chi connectivity index (χ2v) is 8.51. The van der Waals surface area contributed by atoms with Crippen molar-refractivity contribution >= 4 is 21.9 Å². The number of fused-ring (bicyclic) bond motifs is 3. The SMILES string of the molecule is COc1ccc(C2CCC(N[C@H](C)c3ccccc3)CC2)c2c1oc1ccccc12. The number of ether oxygens (including phenoxy) is 1. The van der Waals surface area contributed by atoms with Crippen LogP contribution < -0.4 is 10.1 Å². The third-order valence-electron chi connectivity index (χ3n) is 6.69. The smallest absolute Gasteiger partial charge is 0.177 e. The molecule has 1 fully saturated rings. The molecular formula is C27H29NO2. The van der Waals surface area contributed by atoms with Crippen molar-refractivity contribution in [2.75, 3.05) is 7.11 Å². The summed E-state index contributed by atoms with van der Waals surface area (Å²) in [6.45, 7) is 2.27. The van der Waals surface area contributed by atoms with Gasteiger partial charge in [0.1, 0.15) is 5.58 Å². The summed E-state index contributed by atoms with van der Waals surface area (Å²) in [5.41, 5.74) is 4.59. The van der Waals surface area contributed by atoms with Gasteiger partial charge in [-0.05, 0) is 61.8 Å². The van der Waals surface area contributed by atoms with Crippen LogP contribution in [0.25, 0.3) is 21.9 Å². The summed E-state index contributed by atoms with van der Waals surface area (Å²) in [6.07, 6.45) is 4.79. The predicted molar refractivity (Wildman–Crippen MR) is 123 cm³/mol. The summed E-state index contributed by atoms with van der Waals surface area (Å²) in [7, 11) is 1.71. The largest absolute Gasteiger partial charge is 0.493 e. The van der Waals surface area contributed by atoms with Crippen molar-refractivity contribution in [2.45, 2.75) is 50.6 Å². The quantitative estimate of drug-likeness (QED) is 0.393. The lowest BCUT2D eigenvalue weighted by molar-refractivity contribution is 0.322. The van der Waals surface area contributed by atoms with Crippen LogP contribution in [0.3, 0.4) is 0 Å². The molecule has 1 aliphatic rings. The number of para-hydroxylation sites is 1. The summed E-state index contributed by atoms with van der Waals surface area (Å²) >= 11 is 0. The Morgan fingerprint density at radius 2 is 1.63 bits per heavy atom. The molecule has 0 aliphatic heterocycles. The van der Waals surface area contributed by atoms with Gasteiger partial charge >= 0.3 is 0 Å². The van der Waals surface area contributed by atoms with Crippen LogP contribution in [-0.4, -0.2) is 13.2 Å². The highest BCUT2D eigenvalue weighted by Crippen LogP contribution is 2.43. The fraction of sp³-hybridized carbons (Fsp3) is 0.333. The summed E-state index contributed by atoms with van der Waals surface area (Å²) in [6, 6.07) is 24.4. The van der Waals surface area contributed by atoms with Crippen LogP contribution in [0.1, 0.15) is 55.7 Å². The van der Waals surface area contributed by atoms with Gasteiger partial charge in [0.2, 0.25) is 0 Å². The van der Waals surface area contributed by atoms with Crippen LogP contribution in [0.5, 0.6) is 5.75 Å². The molecule has 0 unspecified atom stereocenters. The molecule has 5 rings (SSSR count). The van der Waals surface area contributed by atoms with Gasteiger partial charge in [0.15, 0.2) is 11.3 Å². The summed E-state index contributed by atoms with van der Waals surface area (Å²) in [4.78, 5) is 0. The Morgan fingerprint density at radius 3 is 2.40 bits per heavy atom. The van der Waals surface area contributed by atoms with Gasteiger partial charge in [-0.2, -0.15) is 0 Å². The Hall–Kier alpha value is -2.78. The molecule has 0 radical (unpaired) electrons. The van der Waals surface area contributed by atoms with Crippen molar-refractivity contribution in [1.82, 2.24) is 5.32 Å². The molecule has 1 N–H and O–H groups in total. The van der Waals surface area contributed by atoms with E-state index in [0.29, 0.717) is 18.0 Å². The second-order valence-electron chi connectivity index (χ2n) is 8.51. The average Bonchev–Trinajstić information content (AvgIpc) is 3.19. The summed E-state index contributed by atoms with van der Waals surface area (Å²) in [5.74, 6) is 1.38. The average molecular weight is 400 g/mol. The normalized spacial score (nSPS) is 20.5. The Kier molecular flexibility index (Phi) is 5.22. The molecule has 3 nitrogen and oxygen atoms in total. The van der Waals surface area contributed by atoms with Gasteiger partial charge in [-0.1, -0.05) is 54.6 Å². The molecule has 154 valence electrons. The van der Waals surface area contributed by atoms with Crippen molar-refractivity contribution in [3.63, 3.8) is 0 Å². The molecular weight excluding hydrogens is 370 g/mol. The van der Waals surface area contributed by atoms with E-state index in [-0.39, 0.29) is 0 Å². The maximum atomic E-state index is 6.19. The van der Waals surface area contributed by atoms with Crippen LogP contribution in [0.4, 0.5) is 0 Å². The highest BCUT2D eigenvalue weighted by Gasteiger charge is 2.27. The number of methoxy groups -OCH3 is 1. The number of benzene rings is 3. The van der Waals surface area contributed by atoms with E-state index in [2.05, 4.69) is 66.8 Å². The highest BCUT2D eigenvalue weighted by molar-refractivity contribution is 6.08. The van der Waals surface area contributed by atoms with E-state index >= 15 is 0 Å². The zero-order valence-corrected chi connectivity index (χ0v) is 17.7. The van der Waals surface area contributed by atoms with Crippen molar-refractivity contribution in [1.29, 1.82) is 0 Å². The van der Waals surface area contributed by atoms with Crippen LogP contribution >= 0.6 is 0 Å². The topological polar surface area (TPSA) is 34.4 Å². The van der Waals surface area contributed by atoms with Gasteiger partial charge in [-0.3, -0.25) is 0 Å². The Labute approximate surface area is 178 Å². The molecule has 0 amide bonds. The minimum absolute atomic E-state index is 0.387. The molecule has 3 aromatic carbocycles. The molecule has 0 saturated heterocycles. The molecule has 1 saturated carbocycles. The number of hydrogen-bond acceptors (Lipinski definition) is 3. The molecule has 0 bridgehead atoms. The zero-order chi connectivity index (χ0) is 20.5. The van der Waals surface area contributed by atoms with E-state index in [0.717, 1.165) is 16.9 Å². The van der Waals surface area contributed by atoms with E-state index < -0.39 is 0 Å². The molecule has 1 atom stereocenters. The first-order valence-corrected chi connectivity index (χ1v) is 11.0. The highest BCUT2D eigenvalue weighted by atomic mass is 16.5. The van der Waals surface area contributed by atoms with Crippen LogP contribution in [0.2, 0.25) is 0 Å². The van der Waals surface area contributed by atoms with Crippen LogP contribution in [0.15, 0.2) is 71.1 Å². The number of nitrogens with one attached hydrogen (secondary N) is 1. The summed E-state index contributed by atoms with van der Waals surface area (Å²) in [5, 5.41) is 6.28. The monoisotopic (exact) mass is 399 g/mol. The number of hydrogen-bond donors (Lipinski definition) is 1. The van der Waals surface area contributed by atoms with Crippen molar-refractivity contribution < 1.29 is 9.15 Å². The first-order chi connectivity index (χ1) is 14.7. The maximum Gasteiger partial charge on any atom is 0.177 e. The lowest BCUT2D eigenvalue weighted by Crippen LogP contribution is -2.34. The lowest BCUT2D eigenvalue weighted by Gasteiger charge is -2.32. The Bertz CT molecular complexity index is 1140. The lowest BCUT2D eigenvalue weighted by atomic mass is 9.80. The zero-order valence-electron chi connectivity index (χ0n) is 17.7. The summed E-state index contributed by atoms with van der Waals surface area (Å²) < 4.78 is 11.8. The third kappa shape index (κ3) is 3.48. The molecule has 1 aromatic heterocycles.